The number of sulfone groups is 1. The Morgan fingerprint density at radius 2 is 1.88 bits per heavy atom. The summed E-state index contributed by atoms with van der Waals surface area (Å²) in [6.07, 6.45) is -4.25. The van der Waals surface area contributed by atoms with Gasteiger partial charge in [0.15, 0.2) is 20.4 Å². The molecule has 0 atom stereocenters. The van der Waals surface area contributed by atoms with Gasteiger partial charge in [-0.2, -0.15) is 13.2 Å². The monoisotopic (exact) mass is 414 g/mol. The van der Waals surface area contributed by atoms with Gasteiger partial charge in [-0.25, -0.2) is 8.42 Å². The number of benzene rings is 1. The summed E-state index contributed by atoms with van der Waals surface area (Å²) in [4.78, 5) is 9.87. The van der Waals surface area contributed by atoms with Gasteiger partial charge >= 0.3 is 11.9 Å². The van der Waals surface area contributed by atoms with Gasteiger partial charge in [0, 0.05) is 12.3 Å². The van der Waals surface area contributed by atoms with Gasteiger partial charge in [0.05, 0.1) is 16.3 Å². The third-order valence-corrected chi connectivity index (χ3v) is 4.58. The number of rotatable bonds is 4. The molecule has 0 bridgehead atoms. The summed E-state index contributed by atoms with van der Waals surface area (Å²) in [6, 6.07) is 0.531. The predicted octanol–water partition coefficient (Wildman–Crippen LogP) is 3.27. The van der Waals surface area contributed by atoms with Crippen molar-refractivity contribution in [1.82, 2.24) is 5.32 Å². The first-order valence-corrected chi connectivity index (χ1v) is 9.33. The van der Waals surface area contributed by atoms with E-state index >= 15 is 0 Å². The van der Waals surface area contributed by atoms with E-state index in [1.807, 2.05) is 0 Å². The van der Waals surface area contributed by atoms with Crippen LogP contribution < -0.4 is 16.0 Å². The van der Waals surface area contributed by atoms with Gasteiger partial charge in [-0.3, -0.25) is 10.1 Å². The van der Waals surface area contributed by atoms with Crippen LogP contribution in [0.25, 0.3) is 0 Å². The molecule has 1 aromatic carbocycles. The van der Waals surface area contributed by atoms with E-state index in [1.54, 1.807) is 13.8 Å². The third-order valence-electron chi connectivity index (χ3n) is 3.25. The first-order valence-electron chi connectivity index (χ1n) is 7.06. The van der Waals surface area contributed by atoms with Gasteiger partial charge in [-0.15, -0.1) is 0 Å². The molecule has 144 valence electrons. The van der Waals surface area contributed by atoms with E-state index in [0.717, 1.165) is 12.3 Å². The molecule has 0 aromatic heterocycles. The van der Waals surface area contributed by atoms with Crippen LogP contribution in [-0.2, 0) is 16.0 Å². The Kier molecular flexibility index (Phi) is 5.03. The Morgan fingerprint density at radius 3 is 2.31 bits per heavy atom. The fraction of sp³-hybridized carbons (Fsp3) is 0.385. The van der Waals surface area contributed by atoms with Crippen molar-refractivity contribution in [3.63, 3.8) is 0 Å². The summed E-state index contributed by atoms with van der Waals surface area (Å²) in [7, 11) is -3.87. The number of hydrogen-bond acceptors (Lipinski definition) is 7. The van der Waals surface area contributed by atoms with Gasteiger partial charge in [-0.1, -0.05) is 11.6 Å². The highest BCUT2D eigenvalue weighted by Crippen LogP contribution is 2.49. The molecule has 2 rings (SSSR count). The van der Waals surface area contributed by atoms with Gasteiger partial charge in [0.1, 0.15) is 10.8 Å². The highest BCUT2D eigenvalue weighted by molar-refractivity contribution is 7.94. The number of hydrogen-bond donors (Lipinski definition) is 3. The fourth-order valence-corrected chi connectivity index (χ4v) is 3.41. The average molecular weight is 415 g/mol. The van der Waals surface area contributed by atoms with E-state index < -0.39 is 47.9 Å². The SMILES string of the molecule is CC(C)NC1=C(S(C)(=O)=O)Nc2cc(Cl)c([N+](=O)[O-])c(C(F)(F)F)c2N1. The number of halogens is 4. The Morgan fingerprint density at radius 1 is 1.31 bits per heavy atom. The topological polar surface area (TPSA) is 113 Å². The van der Waals surface area contributed by atoms with E-state index in [2.05, 4.69) is 16.0 Å². The fourth-order valence-electron chi connectivity index (χ4n) is 2.36. The molecule has 0 saturated carbocycles. The van der Waals surface area contributed by atoms with Crippen molar-refractivity contribution in [1.29, 1.82) is 0 Å². The second kappa shape index (κ2) is 6.50. The molecule has 1 heterocycles. The Labute approximate surface area is 151 Å². The zero-order chi connectivity index (χ0) is 20.0. The van der Waals surface area contributed by atoms with Crippen molar-refractivity contribution in [3.8, 4) is 0 Å². The van der Waals surface area contributed by atoms with Gasteiger partial charge in [0.2, 0.25) is 0 Å². The summed E-state index contributed by atoms with van der Waals surface area (Å²) in [5.74, 6) is -0.253. The van der Waals surface area contributed by atoms with Gasteiger partial charge < -0.3 is 16.0 Å². The minimum Gasteiger partial charge on any atom is -0.367 e. The quantitative estimate of drug-likeness (QED) is 0.511. The van der Waals surface area contributed by atoms with Crippen LogP contribution >= 0.6 is 11.6 Å². The van der Waals surface area contributed by atoms with E-state index in [4.69, 9.17) is 11.6 Å². The molecule has 0 fully saturated rings. The highest BCUT2D eigenvalue weighted by Gasteiger charge is 2.45. The predicted molar refractivity (Wildman–Crippen MR) is 90.5 cm³/mol. The smallest absolute Gasteiger partial charge is 0.367 e. The second-order valence-electron chi connectivity index (χ2n) is 5.78. The zero-order valence-electron chi connectivity index (χ0n) is 13.7. The molecule has 8 nitrogen and oxygen atoms in total. The maximum Gasteiger partial charge on any atom is 0.425 e. The van der Waals surface area contributed by atoms with Crippen LogP contribution in [0.5, 0.6) is 0 Å². The zero-order valence-corrected chi connectivity index (χ0v) is 15.2. The largest absolute Gasteiger partial charge is 0.425 e. The summed E-state index contributed by atoms with van der Waals surface area (Å²) in [5, 5.41) is 17.3. The van der Waals surface area contributed by atoms with Crippen LogP contribution in [0.1, 0.15) is 19.4 Å². The lowest BCUT2D eigenvalue weighted by Crippen LogP contribution is -2.35. The number of fused-ring (bicyclic) bond motifs is 1. The normalized spacial score (nSPS) is 14.6. The Hall–Kier alpha value is -2.21. The summed E-state index contributed by atoms with van der Waals surface area (Å²) in [5.41, 5.74) is -3.96. The number of nitro benzene ring substituents is 1. The van der Waals surface area contributed by atoms with Crippen LogP contribution in [0, 0.1) is 10.1 Å². The van der Waals surface area contributed by atoms with Crippen LogP contribution in [0.2, 0.25) is 5.02 Å². The standard InChI is InChI=1S/C13H14ClF3N4O4S/c1-5(2)18-11-12(26(3,24)25)19-7-4-6(14)10(21(22)23)8(9(7)20-11)13(15,16)17/h4-5,18-20H,1-3H3. The molecule has 0 amide bonds. The molecule has 0 aliphatic carbocycles. The number of nitro groups is 1. The number of nitrogens with zero attached hydrogens (tertiary/aromatic N) is 1. The molecule has 13 heteroatoms. The van der Waals surface area contributed by atoms with Crippen molar-refractivity contribution in [2.75, 3.05) is 16.9 Å². The first-order chi connectivity index (χ1) is 11.7. The van der Waals surface area contributed by atoms with Crippen molar-refractivity contribution in [2.24, 2.45) is 0 Å². The second-order valence-corrected chi connectivity index (χ2v) is 8.14. The molecule has 1 aromatic rings. The summed E-state index contributed by atoms with van der Waals surface area (Å²) in [6.45, 7) is 3.28. The van der Waals surface area contributed by atoms with Crippen molar-refractivity contribution in [2.45, 2.75) is 26.1 Å². The van der Waals surface area contributed by atoms with Crippen LogP contribution in [0.3, 0.4) is 0 Å². The van der Waals surface area contributed by atoms with Crippen LogP contribution in [0.15, 0.2) is 16.9 Å². The third kappa shape index (κ3) is 3.80. The van der Waals surface area contributed by atoms with E-state index in [-0.39, 0.29) is 17.6 Å². The first kappa shape index (κ1) is 20.1. The molecular formula is C13H14ClF3N4O4S. The molecular weight excluding hydrogens is 401 g/mol. The highest BCUT2D eigenvalue weighted by atomic mass is 35.5. The van der Waals surface area contributed by atoms with Gasteiger partial charge in [0.25, 0.3) is 0 Å². The van der Waals surface area contributed by atoms with Crippen molar-refractivity contribution >= 4 is 38.5 Å². The van der Waals surface area contributed by atoms with E-state index in [1.165, 1.54) is 0 Å². The van der Waals surface area contributed by atoms with Crippen LogP contribution in [-0.4, -0.2) is 25.6 Å². The van der Waals surface area contributed by atoms with Crippen LogP contribution in [0.4, 0.5) is 30.2 Å². The molecule has 0 spiro atoms. The average Bonchev–Trinajstić information content (AvgIpc) is 2.42. The molecule has 0 radical (unpaired) electrons. The van der Waals surface area contributed by atoms with Gasteiger partial charge in [-0.05, 0) is 19.9 Å². The number of alkyl halides is 3. The molecule has 26 heavy (non-hydrogen) atoms. The maximum absolute atomic E-state index is 13.5. The molecule has 0 unspecified atom stereocenters. The maximum atomic E-state index is 13.5. The lowest BCUT2D eigenvalue weighted by molar-refractivity contribution is -0.387. The minimum atomic E-state index is -5.11. The summed E-state index contributed by atoms with van der Waals surface area (Å²) >= 11 is 5.66. The molecule has 3 N–H and O–H groups in total. The van der Waals surface area contributed by atoms with Crippen molar-refractivity contribution < 1.29 is 26.5 Å². The lowest BCUT2D eigenvalue weighted by atomic mass is 10.1. The lowest BCUT2D eigenvalue weighted by Gasteiger charge is -2.29. The Balaban J connectivity index is 2.80. The van der Waals surface area contributed by atoms with Crippen molar-refractivity contribution in [3.05, 3.63) is 37.6 Å². The molecule has 1 aliphatic heterocycles. The number of nitrogens with one attached hydrogen (secondary N) is 3. The minimum absolute atomic E-state index is 0.253. The Bertz CT molecular complexity index is 913. The summed E-state index contributed by atoms with van der Waals surface area (Å²) < 4.78 is 64.5. The van der Waals surface area contributed by atoms with E-state index in [0.29, 0.717) is 0 Å². The number of anilines is 2. The molecule has 1 aliphatic rings. The molecule has 0 saturated heterocycles. The van der Waals surface area contributed by atoms with E-state index in [9.17, 15) is 31.7 Å².